The summed E-state index contributed by atoms with van der Waals surface area (Å²) in [6.45, 7) is 4.94. The second kappa shape index (κ2) is 5.01. The third-order valence-corrected chi connectivity index (χ3v) is 4.35. The summed E-state index contributed by atoms with van der Waals surface area (Å²) in [4.78, 5) is 17.4. The zero-order valence-corrected chi connectivity index (χ0v) is 11.0. The van der Waals surface area contributed by atoms with Crippen LogP contribution >= 0.6 is 23.1 Å². The molecule has 0 radical (unpaired) electrons. The Morgan fingerprint density at radius 3 is 3.06 bits per heavy atom. The van der Waals surface area contributed by atoms with E-state index in [1.165, 1.54) is 4.88 Å². The fraction of sp³-hybridized carbons (Fsp3) is 0.455. The summed E-state index contributed by atoms with van der Waals surface area (Å²) in [5.74, 6) is 0.952. The molecule has 0 saturated heterocycles. The highest BCUT2D eigenvalue weighted by Gasteiger charge is 2.17. The Hall–Kier alpha value is -0.810. The highest BCUT2D eigenvalue weighted by atomic mass is 32.2. The number of carbonyl (C=O) groups is 1. The maximum atomic E-state index is 12.0. The predicted octanol–water partition coefficient (Wildman–Crippen LogP) is 2.45. The van der Waals surface area contributed by atoms with Gasteiger partial charge in [-0.15, -0.1) is 11.3 Å². The summed E-state index contributed by atoms with van der Waals surface area (Å²) in [5, 5.41) is 5.56. The van der Waals surface area contributed by atoms with Gasteiger partial charge in [0, 0.05) is 16.0 Å². The highest BCUT2D eigenvalue weighted by Crippen LogP contribution is 2.22. The van der Waals surface area contributed by atoms with E-state index >= 15 is 0 Å². The van der Waals surface area contributed by atoms with Crippen LogP contribution in [0.1, 0.15) is 27.7 Å². The Kier molecular flexibility index (Phi) is 3.66. The largest absolute Gasteiger partial charge is 0.301 e. The standard InChI is InChI=1S/C11H14N2OS2/c1-3-8-7(2)16-6-9(8)10(14)13-11-12-4-5-15-11/h6H,3-5H2,1-2H3,(H,12,13,14). The molecule has 0 atom stereocenters. The molecule has 86 valence electrons. The summed E-state index contributed by atoms with van der Waals surface area (Å²) in [5.41, 5.74) is 1.96. The number of amidine groups is 1. The molecule has 0 fully saturated rings. The fourth-order valence-corrected chi connectivity index (χ4v) is 3.35. The van der Waals surface area contributed by atoms with Gasteiger partial charge in [0.15, 0.2) is 5.17 Å². The minimum absolute atomic E-state index is 0.0191. The molecule has 5 heteroatoms. The van der Waals surface area contributed by atoms with Crippen molar-refractivity contribution in [2.45, 2.75) is 20.3 Å². The molecule has 0 aromatic carbocycles. The number of nitrogens with one attached hydrogen (secondary N) is 1. The highest BCUT2D eigenvalue weighted by molar-refractivity contribution is 8.14. The van der Waals surface area contributed by atoms with Gasteiger partial charge in [0.1, 0.15) is 0 Å². The van der Waals surface area contributed by atoms with Crippen molar-refractivity contribution in [1.82, 2.24) is 5.32 Å². The van der Waals surface area contributed by atoms with Crippen LogP contribution in [0.5, 0.6) is 0 Å². The van der Waals surface area contributed by atoms with Crippen LogP contribution in [0.15, 0.2) is 10.4 Å². The van der Waals surface area contributed by atoms with Gasteiger partial charge in [0.05, 0.1) is 12.1 Å². The van der Waals surface area contributed by atoms with E-state index in [-0.39, 0.29) is 5.91 Å². The number of aliphatic imine (C=N–C) groups is 1. The summed E-state index contributed by atoms with van der Waals surface area (Å²) < 4.78 is 0. The second-order valence-electron chi connectivity index (χ2n) is 3.53. The molecule has 1 aromatic rings. The molecule has 0 saturated carbocycles. The van der Waals surface area contributed by atoms with Crippen LogP contribution in [0.2, 0.25) is 0 Å². The van der Waals surface area contributed by atoms with Gasteiger partial charge in [-0.1, -0.05) is 18.7 Å². The normalized spacial score (nSPS) is 15.0. The lowest BCUT2D eigenvalue weighted by Crippen LogP contribution is -2.27. The van der Waals surface area contributed by atoms with Crippen LogP contribution in [0, 0.1) is 6.92 Å². The first-order valence-corrected chi connectivity index (χ1v) is 7.14. The molecular weight excluding hydrogens is 240 g/mol. The molecule has 1 aliphatic rings. The monoisotopic (exact) mass is 254 g/mol. The van der Waals surface area contributed by atoms with Crippen LogP contribution < -0.4 is 5.32 Å². The summed E-state index contributed by atoms with van der Waals surface area (Å²) in [6.07, 6.45) is 0.901. The Balaban J connectivity index is 2.14. The Morgan fingerprint density at radius 1 is 1.62 bits per heavy atom. The minimum Gasteiger partial charge on any atom is -0.301 e. The van der Waals surface area contributed by atoms with E-state index in [9.17, 15) is 4.79 Å². The number of carbonyl (C=O) groups excluding carboxylic acids is 1. The topological polar surface area (TPSA) is 41.5 Å². The molecule has 0 unspecified atom stereocenters. The number of hydrogen-bond acceptors (Lipinski definition) is 4. The van der Waals surface area contributed by atoms with E-state index in [1.54, 1.807) is 23.1 Å². The van der Waals surface area contributed by atoms with E-state index in [1.807, 2.05) is 5.38 Å². The zero-order valence-electron chi connectivity index (χ0n) is 9.37. The fourth-order valence-electron chi connectivity index (χ4n) is 1.68. The zero-order chi connectivity index (χ0) is 11.5. The SMILES string of the molecule is CCc1c(C(=O)NC2=NCCS2)csc1C. The molecule has 1 aliphatic heterocycles. The first-order chi connectivity index (χ1) is 7.72. The third kappa shape index (κ3) is 2.30. The van der Waals surface area contributed by atoms with E-state index < -0.39 is 0 Å². The van der Waals surface area contributed by atoms with Crippen molar-refractivity contribution in [3.8, 4) is 0 Å². The van der Waals surface area contributed by atoms with Gasteiger partial charge in [0.25, 0.3) is 5.91 Å². The minimum atomic E-state index is -0.0191. The Morgan fingerprint density at radius 2 is 2.44 bits per heavy atom. The van der Waals surface area contributed by atoms with Crippen molar-refractivity contribution in [1.29, 1.82) is 0 Å². The van der Waals surface area contributed by atoms with E-state index in [0.29, 0.717) is 0 Å². The Labute approximate surface area is 103 Å². The van der Waals surface area contributed by atoms with Crippen molar-refractivity contribution >= 4 is 34.2 Å². The maximum Gasteiger partial charge on any atom is 0.258 e. The van der Waals surface area contributed by atoms with Gasteiger partial charge in [-0.25, -0.2) is 0 Å². The number of rotatable bonds is 2. The molecular formula is C11H14N2OS2. The van der Waals surface area contributed by atoms with Crippen molar-refractivity contribution in [2.75, 3.05) is 12.3 Å². The number of hydrogen-bond donors (Lipinski definition) is 1. The lowest BCUT2D eigenvalue weighted by Gasteiger charge is -2.04. The van der Waals surface area contributed by atoms with Gasteiger partial charge >= 0.3 is 0 Å². The van der Waals surface area contributed by atoms with Crippen LogP contribution in [0.3, 0.4) is 0 Å². The van der Waals surface area contributed by atoms with Crippen molar-refractivity contribution < 1.29 is 4.79 Å². The van der Waals surface area contributed by atoms with Crippen molar-refractivity contribution in [3.05, 3.63) is 21.4 Å². The van der Waals surface area contributed by atoms with E-state index in [2.05, 4.69) is 24.2 Å². The lowest BCUT2D eigenvalue weighted by atomic mass is 10.1. The molecule has 3 nitrogen and oxygen atoms in total. The lowest BCUT2D eigenvalue weighted by molar-refractivity contribution is 0.0977. The summed E-state index contributed by atoms with van der Waals surface area (Å²) in [7, 11) is 0. The van der Waals surface area contributed by atoms with Gasteiger partial charge < -0.3 is 5.32 Å². The van der Waals surface area contributed by atoms with Gasteiger partial charge in [-0.05, 0) is 18.9 Å². The molecule has 1 N–H and O–H groups in total. The predicted molar refractivity (Wildman–Crippen MR) is 70.7 cm³/mol. The number of thioether (sulfide) groups is 1. The summed E-state index contributed by atoms with van der Waals surface area (Å²) in [6, 6.07) is 0. The van der Waals surface area contributed by atoms with Crippen LogP contribution in [-0.4, -0.2) is 23.4 Å². The van der Waals surface area contributed by atoms with Crippen molar-refractivity contribution in [3.63, 3.8) is 0 Å². The molecule has 1 amide bonds. The quantitative estimate of drug-likeness (QED) is 0.881. The van der Waals surface area contributed by atoms with Crippen molar-refractivity contribution in [2.24, 2.45) is 4.99 Å². The molecule has 2 heterocycles. The molecule has 1 aromatic heterocycles. The first kappa shape index (κ1) is 11.7. The molecule has 0 spiro atoms. The average molecular weight is 254 g/mol. The smallest absolute Gasteiger partial charge is 0.258 e. The second-order valence-corrected chi connectivity index (χ2v) is 5.69. The van der Waals surface area contributed by atoms with Crippen LogP contribution in [0.4, 0.5) is 0 Å². The first-order valence-electron chi connectivity index (χ1n) is 5.28. The van der Waals surface area contributed by atoms with Gasteiger partial charge in [-0.2, -0.15) is 0 Å². The molecule has 0 bridgehead atoms. The van der Waals surface area contributed by atoms with Gasteiger partial charge in [0.2, 0.25) is 0 Å². The third-order valence-electron chi connectivity index (χ3n) is 2.51. The molecule has 16 heavy (non-hydrogen) atoms. The van der Waals surface area contributed by atoms with Gasteiger partial charge in [-0.3, -0.25) is 9.79 Å². The number of nitrogens with zero attached hydrogens (tertiary/aromatic N) is 1. The number of amides is 1. The summed E-state index contributed by atoms with van der Waals surface area (Å²) >= 11 is 3.24. The van der Waals surface area contributed by atoms with E-state index in [0.717, 1.165) is 35.0 Å². The molecule has 2 rings (SSSR count). The molecule has 0 aliphatic carbocycles. The average Bonchev–Trinajstić information content (AvgIpc) is 2.87. The van der Waals surface area contributed by atoms with E-state index in [4.69, 9.17) is 0 Å². The van der Waals surface area contributed by atoms with Crippen LogP contribution in [-0.2, 0) is 6.42 Å². The number of aryl methyl sites for hydroxylation is 1. The number of thiophene rings is 1. The maximum absolute atomic E-state index is 12.0. The van der Waals surface area contributed by atoms with Crippen LogP contribution in [0.25, 0.3) is 0 Å². The Bertz CT molecular complexity index is 437.